The van der Waals surface area contributed by atoms with E-state index >= 15 is 0 Å². The highest BCUT2D eigenvalue weighted by Gasteiger charge is 2.24. The summed E-state index contributed by atoms with van der Waals surface area (Å²) in [5.41, 5.74) is -0.571. The van der Waals surface area contributed by atoms with Gasteiger partial charge in [0.2, 0.25) is 5.15 Å². The fourth-order valence-electron chi connectivity index (χ4n) is 1.50. The molecule has 0 saturated carbocycles. The summed E-state index contributed by atoms with van der Waals surface area (Å²) < 4.78 is 5.26. The maximum atomic E-state index is 11.9. The van der Waals surface area contributed by atoms with Crippen molar-refractivity contribution in [2.24, 2.45) is 0 Å². The minimum atomic E-state index is -0.714. The van der Waals surface area contributed by atoms with E-state index in [4.69, 9.17) is 16.3 Å². The molecule has 0 unspecified atom stereocenters. The zero-order valence-electron chi connectivity index (χ0n) is 11.1. The summed E-state index contributed by atoms with van der Waals surface area (Å²) in [6, 6.07) is 1.27. The third-order valence-electron chi connectivity index (χ3n) is 2.41. The minimum absolute atomic E-state index is 0.0931. The van der Waals surface area contributed by atoms with E-state index in [1.165, 1.54) is 12.3 Å². The molecule has 20 heavy (non-hydrogen) atoms. The first-order valence-corrected chi connectivity index (χ1v) is 6.60. The van der Waals surface area contributed by atoms with Gasteiger partial charge in [0.05, 0.1) is 4.92 Å². The molecular weight excluding hydrogens is 286 g/mol. The van der Waals surface area contributed by atoms with Gasteiger partial charge < -0.3 is 10.1 Å². The summed E-state index contributed by atoms with van der Waals surface area (Å²) in [4.78, 5) is 25.6. The van der Waals surface area contributed by atoms with Crippen LogP contribution in [0.2, 0.25) is 5.15 Å². The highest BCUT2D eigenvalue weighted by atomic mass is 35.5. The molecule has 110 valence electrons. The topological polar surface area (TPSA) is 94.4 Å². The predicted octanol–water partition coefficient (Wildman–Crippen LogP) is 2.19. The highest BCUT2D eigenvalue weighted by molar-refractivity contribution is 6.32. The molecule has 0 aliphatic heterocycles. The van der Waals surface area contributed by atoms with Crippen molar-refractivity contribution in [2.75, 3.05) is 19.8 Å². The lowest BCUT2D eigenvalue weighted by atomic mass is 10.2. The molecule has 0 fully saturated rings. The Labute approximate surface area is 121 Å². The van der Waals surface area contributed by atoms with Crippen LogP contribution in [-0.2, 0) is 4.74 Å². The van der Waals surface area contributed by atoms with Crippen molar-refractivity contribution in [1.82, 2.24) is 10.3 Å². The largest absolute Gasteiger partial charge is 0.381 e. The number of hydrogen-bond donors (Lipinski definition) is 1. The Bertz CT molecular complexity index is 482. The third-order valence-corrected chi connectivity index (χ3v) is 2.68. The third kappa shape index (κ3) is 4.75. The van der Waals surface area contributed by atoms with Gasteiger partial charge in [0, 0.05) is 26.0 Å². The Kier molecular flexibility index (Phi) is 6.89. The van der Waals surface area contributed by atoms with E-state index in [9.17, 15) is 14.9 Å². The quantitative estimate of drug-likeness (QED) is 0.344. The van der Waals surface area contributed by atoms with Crippen molar-refractivity contribution in [1.29, 1.82) is 0 Å². The first-order valence-electron chi connectivity index (χ1n) is 6.22. The van der Waals surface area contributed by atoms with E-state index in [1.54, 1.807) is 0 Å². The van der Waals surface area contributed by atoms with Crippen LogP contribution in [0.1, 0.15) is 30.1 Å². The first-order chi connectivity index (χ1) is 9.57. The molecule has 1 amide bonds. The van der Waals surface area contributed by atoms with Crippen LogP contribution in [0.15, 0.2) is 12.3 Å². The van der Waals surface area contributed by atoms with Crippen LogP contribution < -0.4 is 5.32 Å². The molecule has 1 N–H and O–H groups in total. The molecule has 7 nitrogen and oxygen atoms in total. The summed E-state index contributed by atoms with van der Waals surface area (Å²) in [6.07, 6.45) is 2.83. The average Bonchev–Trinajstić information content (AvgIpc) is 2.41. The zero-order chi connectivity index (χ0) is 15.0. The van der Waals surface area contributed by atoms with Gasteiger partial charge in [-0.1, -0.05) is 18.5 Å². The molecular formula is C12H16ClN3O4. The summed E-state index contributed by atoms with van der Waals surface area (Å²) in [5.74, 6) is -0.545. The Morgan fingerprint density at radius 1 is 1.55 bits per heavy atom. The predicted molar refractivity (Wildman–Crippen MR) is 74.0 cm³/mol. The van der Waals surface area contributed by atoms with Crippen LogP contribution in [0.25, 0.3) is 0 Å². The number of nitrogens with zero attached hydrogens (tertiary/aromatic N) is 2. The maximum Gasteiger partial charge on any atom is 0.319 e. The fourth-order valence-corrected chi connectivity index (χ4v) is 1.73. The van der Waals surface area contributed by atoms with Crippen molar-refractivity contribution >= 4 is 23.2 Å². The standard InChI is InChI=1S/C12H16ClN3O4/c1-2-7-20-8-3-5-15-12(17)9-4-6-14-11(13)10(9)16(18)19/h4,6H,2-3,5,7-8H2,1H3,(H,15,17). The second-order valence-electron chi connectivity index (χ2n) is 3.98. The van der Waals surface area contributed by atoms with E-state index < -0.39 is 16.5 Å². The molecule has 1 heterocycles. The van der Waals surface area contributed by atoms with Crippen LogP contribution in [0.4, 0.5) is 5.69 Å². The van der Waals surface area contributed by atoms with E-state index in [0.29, 0.717) is 26.2 Å². The summed E-state index contributed by atoms with van der Waals surface area (Å²) in [6.45, 7) is 3.60. The second kappa shape index (κ2) is 8.44. The van der Waals surface area contributed by atoms with E-state index in [-0.39, 0.29) is 10.7 Å². The van der Waals surface area contributed by atoms with Gasteiger partial charge in [0.25, 0.3) is 5.91 Å². The van der Waals surface area contributed by atoms with E-state index in [2.05, 4.69) is 10.3 Å². The van der Waals surface area contributed by atoms with Crippen LogP contribution in [0, 0.1) is 10.1 Å². The number of amides is 1. The minimum Gasteiger partial charge on any atom is -0.381 e. The first kappa shape index (κ1) is 16.3. The second-order valence-corrected chi connectivity index (χ2v) is 4.33. The van der Waals surface area contributed by atoms with Crippen molar-refractivity contribution in [3.8, 4) is 0 Å². The van der Waals surface area contributed by atoms with Crippen LogP contribution in [0.5, 0.6) is 0 Å². The number of carbonyl (C=O) groups excluding carboxylic acids is 1. The average molecular weight is 302 g/mol. The smallest absolute Gasteiger partial charge is 0.319 e. The Morgan fingerprint density at radius 2 is 2.30 bits per heavy atom. The molecule has 0 aliphatic carbocycles. The van der Waals surface area contributed by atoms with Crippen LogP contribution in [-0.4, -0.2) is 35.6 Å². The number of ether oxygens (including phenoxy) is 1. The molecule has 0 aliphatic rings. The Morgan fingerprint density at radius 3 is 2.95 bits per heavy atom. The summed E-state index contributed by atoms with van der Waals surface area (Å²) >= 11 is 5.63. The fraction of sp³-hybridized carbons (Fsp3) is 0.500. The van der Waals surface area contributed by atoms with Crippen molar-refractivity contribution < 1.29 is 14.5 Å². The number of carbonyl (C=O) groups is 1. The van der Waals surface area contributed by atoms with Crippen LogP contribution >= 0.6 is 11.6 Å². The SMILES string of the molecule is CCCOCCCNC(=O)c1ccnc(Cl)c1[N+](=O)[O-]. The maximum absolute atomic E-state index is 11.9. The van der Waals surface area contributed by atoms with Gasteiger partial charge >= 0.3 is 5.69 Å². The summed E-state index contributed by atoms with van der Waals surface area (Å²) in [5, 5.41) is 13.2. The molecule has 0 atom stereocenters. The number of nitro groups is 1. The van der Waals surface area contributed by atoms with E-state index in [0.717, 1.165) is 6.42 Å². The number of hydrogen-bond acceptors (Lipinski definition) is 5. The van der Waals surface area contributed by atoms with Gasteiger partial charge in [-0.2, -0.15) is 0 Å². The van der Waals surface area contributed by atoms with Gasteiger partial charge in [-0.3, -0.25) is 14.9 Å². The molecule has 1 aromatic rings. The molecule has 0 bridgehead atoms. The zero-order valence-corrected chi connectivity index (χ0v) is 11.9. The molecule has 8 heteroatoms. The normalized spacial score (nSPS) is 10.3. The highest BCUT2D eigenvalue weighted by Crippen LogP contribution is 2.25. The van der Waals surface area contributed by atoms with Crippen molar-refractivity contribution in [3.05, 3.63) is 33.1 Å². The van der Waals surface area contributed by atoms with Crippen molar-refractivity contribution in [3.63, 3.8) is 0 Å². The monoisotopic (exact) mass is 301 g/mol. The molecule has 1 aromatic heterocycles. The number of rotatable bonds is 8. The van der Waals surface area contributed by atoms with Gasteiger partial charge in [-0.25, -0.2) is 4.98 Å². The summed E-state index contributed by atoms with van der Waals surface area (Å²) in [7, 11) is 0. The molecule has 1 rings (SSSR count). The lowest BCUT2D eigenvalue weighted by Crippen LogP contribution is -2.26. The van der Waals surface area contributed by atoms with Gasteiger partial charge in [0.15, 0.2) is 0 Å². The molecule has 0 radical (unpaired) electrons. The van der Waals surface area contributed by atoms with E-state index in [1.807, 2.05) is 6.92 Å². The number of halogens is 1. The Hall–Kier alpha value is -1.73. The van der Waals surface area contributed by atoms with Gasteiger partial charge in [-0.15, -0.1) is 0 Å². The van der Waals surface area contributed by atoms with Crippen LogP contribution in [0.3, 0.4) is 0 Å². The number of pyridine rings is 1. The Balaban J connectivity index is 2.56. The molecule has 0 aromatic carbocycles. The number of aromatic nitrogens is 1. The van der Waals surface area contributed by atoms with Gasteiger partial charge in [-0.05, 0) is 18.9 Å². The lowest BCUT2D eigenvalue weighted by Gasteiger charge is -2.06. The molecule has 0 saturated heterocycles. The molecule has 0 spiro atoms. The van der Waals surface area contributed by atoms with Gasteiger partial charge in [0.1, 0.15) is 5.56 Å². The van der Waals surface area contributed by atoms with Crippen molar-refractivity contribution in [2.45, 2.75) is 19.8 Å². The lowest BCUT2D eigenvalue weighted by molar-refractivity contribution is -0.385. The number of nitrogens with one attached hydrogen (secondary N) is 1.